The molecule has 0 atom stereocenters. The van der Waals surface area contributed by atoms with Gasteiger partial charge in [0.2, 0.25) is 0 Å². The Labute approximate surface area is 99.0 Å². The van der Waals surface area contributed by atoms with Gasteiger partial charge in [0.15, 0.2) is 0 Å². The van der Waals surface area contributed by atoms with E-state index in [4.69, 9.17) is 0 Å². The third-order valence-corrected chi connectivity index (χ3v) is 3.00. The summed E-state index contributed by atoms with van der Waals surface area (Å²) in [6, 6.07) is 0. The average Bonchev–Trinajstić information content (AvgIpc) is 2.22. The average molecular weight is 215 g/mol. The highest BCUT2D eigenvalue weighted by Gasteiger charge is 2.23. The fraction of sp³-hybridized carbons (Fsp3) is 0.400. The van der Waals surface area contributed by atoms with Crippen LogP contribution in [0.4, 0.5) is 0 Å². The van der Waals surface area contributed by atoms with Crippen LogP contribution in [-0.4, -0.2) is 12.3 Å². The van der Waals surface area contributed by atoms with E-state index in [-0.39, 0.29) is 5.41 Å². The molecule has 0 fully saturated rings. The Morgan fingerprint density at radius 2 is 2.19 bits per heavy atom. The SMILES string of the molecule is C=C/C=C(\C=C/C)C1=NCC(C)(C)C(C)=C1. The van der Waals surface area contributed by atoms with Crippen molar-refractivity contribution in [3.8, 4) is 0 Å². The van der Waals surface area contributed by atoms with Crippen LogP contribution in [0.2, 0.25) is 0 Å². The number of dihydropyridines is 1. The molecule has 1 heterocycles. The van der Waals surface area contributed by atoms with Crippen LogP contribution in [0.15, 0.2) is 53.1 Å². The topological polar surface area (TPSA) is 12.4 Å². The van der Waals surface area contributed by atoms with Crippen molar-refractivity contribution in [3.63, 3.8) is 0 Å². The van der Waals surface area contributed by atoms with Crippen molar-refractivity contribution in [2.45, 2.75) is 27.7 Å². The predicted molar refractivity (Wildman–Crippen MR) is 72.9 cm³/mol. The third-order valence-electron chi connectivity index (χ3n) is 3.00. The molecule has 1 aliphatic heterocycles. The second-order valence-electron chi connectivity index (χ2n) is 4.77. The lowest BCUT2D eigenvalue weighted by molar-refractivity contribution is 0.457. The Bertz CT molecular complexity index is 390. The Hall–Kier alpha value is -1.37. The monoisotopic (exact) mass is 215 g/mol. The lowest BCUT2D eigenvalue weighted by Crippen LogP contribution is -2.23. The molecule has 0 radical (unpaired) electrons. The molecule has 0 bridgehead atoms. The zero-order chi connectivity index (χ0) is 12.2. The highest BCUT2D eigenvalue weighted by molar-refractivity contribution is 6.11. The highest BCUT2D eigenvalue weighted by atomic mass is 14.8. The van der Waals surface area contributed by atoms with Gasteiger partial charge in [-0.2, -0.15) is 0 Å². The van der Waals surface area contributed by atoms with Crippen LogP contribution in [0.1, 0.15) is 27.7 Å². The maximum absolute atomic E-state index is 4.64. The first-order valence-corrected chi connectivity index (χ1v) is 5.70. The molecular formula is C15H21N. The van der Waals surface area contributed by atoms with Crippen molar-refractivity contribution in [2.75, 3.05) is 6.54 Å². The van der Waals surface area contributed by atoms with Crippen LogP contribution >= 0.6 is 0 Å². The largest absolute Gasteiger partial charge is 0.284 e. The van der Waals surface area contributed by atoms with Gasteiger partial charge in [-0.1, -0.05) is 50.3 Å². The predicted octanol–water partition coefficient (Wildman–Crippen LogP) is 4.10. The van der Waals surface area contributed by atoms with E-state index in [1.807, 2.05) is 19.1 Å². The van der Waals surface area contributed by atoms with Gasteiger partial charge < -0.3 is 0 Å². The van der Waals surface area contributed by atoms with Crippen molar-refractivity contribution in [2.24, 2.45) is 10.4 Å². The zero-order valence-electron chi connectivity index (χ0n) is 10.7. The maximum atomic E-state index is 4.64. The number of hydrogen-bond acceptors (Lipinski definition) is 1. The second kappa shape index (κ2) is 5.11. The Morgan fingerprint density at radius 3 is 2.69 bits per heavy atom. The fourth-order valence-electron chi connectivity index (χ4n) is 1.56. The third kappa shape index (κ3) is 2.82. The summed E-state index contributed by atoms with van der Waals surface area (Å²) < 4.78 is 0. The van der Waals surface area contributed by atoms with Gasteiger partial charge in [0, 0.05) is 12.0 Å². The summed E-state index contributed by atoms with van der Waals surface area (Å²) in [5, 5.41) is 0. The van der Waals surface area contributed by atoms with Gasteiger partial charge in [-0.25, -0.2) is 0 Å². The standard InChI is InChI=1S/C15H21N/c1-6-8-13(9-7-2)14-10-12(3)15(4,5)11-16-14/h6-10H,1,11H2,2-5H3/b9-7-,13-8+. The lowest BCUT2D eigenvalue weighted by atomic mass is 9.82. The summed E-state index contributed by atoms with van der Waals surface area (Å²) in [6.45, 7) is 13.2. The number of nitrogens with zero attached hydrogens (tertiary/aromatic N) is 1. The van der Waals surface area contributed by atoms with Gasteiger partial charge in [-0.15, -0.1) is 0 Å². The molecule has 0 saturated heterocycles. The van der Waals surface area contributed by atoms with E-state index in [0.717, 1.165) is 17.8 Å². The fourth-order valence-corrected chi connectivity index (χ4v) is 1.56. The first kappa shape index (κ1) is 12.7. The van der Waals surface area contributed by atoms with Gasteiger partial charge >= 0.3 is 0 Å². The van der Waals surface area contributed by atoms with Crippen LogP contribution < -0.4 is 0 Å². The number of hydrogen-bond donors (Lipinski definition) is 0. The first-order chi connectivity index (χ1) is 7.51. The van der Waals surface area contributed by atoms with Crippen molar-refractivity contribution in [3.05, 3.63) is 48.1 Å². The van der Waals surface area contributed by atoms with Gasteiger partial charge in [-0.3, -0.25) is 4.99 Å². The molecule has 1 nitrogen and oxygen atoms in total. The summed E-state index contributed by atoms with van der Waals surface area (Å²) in [6.07, 6.45) is 10.1. The zero-order valence-corrected chi connectivity index (χ0v) is 10.7. The van der Waals surface area contributed by atoms with E-state index < -0.39 is 0 Å². The summed E-state index contributed by atoms with van der Waals surface area (Å²) in [7, 11) is 0. The van der Waals surface area contributed by atoms with Crippen molar-refractivity contribution >= 4 is 5.71 Å². The summed E-state index contributed by atoms with van der Waals surface area (Å²) in [5.41, 5.74) is 3.78. The van der Waals surface area contributed by atoms with Gasteiger partial charge in [0.1, 0.15) is 0 Å². The molecule has 16 heavy (non-hydrogen) atoms. The molecule has 0 N–H and O–H groups in total. The Morgan fingerprint density at radius 1 is 1.50 bits per heavy atom. The number of rotatable bonds is 3. The van der Waals surface area contributed by atoms with Gasteiger partial charge in [-0.05, 0) is 25.5 Å². The maximum Gasteiger partial charge on any atom is 0.0646 e. The van der Waals surface area contributed by atoms with Crippen molar-refractivity contribution in [1.82, 2.24) is 0 Å². The minimum absolute atomic E-state index is 0.193. The van der Waals surface area contributed by atoms with E-state index in [9.17, 15) is 0 Å². The molecular weight excluding hydrogens is 194 g/mol. The second-order valence-corrected chi connectivity index (χ2v) is 4.77. The summed E-state index contributed by atoms with van der Waals surface area (Å²) in [5.74, 6) is 0. The Kier molecular flexibility index (Phi) is 4.05. The van der Waals surface area contributed by atoms with Crippen molar-refractivity contribution in [1.29, 1.82) is 0 Å². The summed E-state index contributed by atoms with van der Waals surface area (Å²) >= 11 is 0. The first-order valence-electron chi connectivity index (χ1n) is 5.70. The molecule has 0 aliphatic carbocycles. The molecule has 0 unspecified atom stereocenters. The molecule has 1 aliphatic rings. The van der Waals surface area contributed by atoms with Gasteiger partial charge in [0.05, 0.1) is 5.71 Å². The quantitative estimate of drug-likeness (QED) is 0.628. The van der Waals surface area contributed by atoms with E-state index in [0.29, 0.717) is 0 Å². The van der Waals surface area contributed by atoms with E-state index in [2.05, 4.69) is 44.5 Å². The Balaban J connectivity index is 3.04. The molecule has 1 heteroatoms. The molecule has 0 saturated carbocycles. The molecule has 0 aromatic carbocycles. The van der Waals surface area contributed by atoms with Gasteiger partial charge in [0.25, 0.3) is 0 Å². The molecule has 0 spiro atoms. The van der Waals surface area contributed by atoms with E-state index >= 15 is 0 Å². The normalized spacial score (nSPS) is 20.6. The van der Waals surface area contributed by atoms with Crippen LogP contribution in [0.5, 0.6) is 0 Å². The molecule has 86 valence electrons. The van der Waals surface area contributed by atoms with Crippen molar-refractivity contribution < 1.29 is 0 Å². The molecule has 1 rings (SSSR count). The number of allylic oxidation sites excluding steroid dienone is 6. The van der Waals surface area contributed by atoms with Crippen LogP contribution in [0.25, 0.3) is 0 Å². The lowest BCUT2D eigenvalue weighted by Gasteiger charge is -2.28. The minimum atomic E-state index is 0.193. The van der Waals surface area contributed by atoms with Crippen LogP contribution in [0, 0.1) is 5.41 Å². The molecule has 0 aromatic heterocycles. The molecule has 0 aromatic rings. The van der Waals surface area contributed by atoms with E-state index in [1.54, 1.807) is 6.08 Å². The smallest absolute Gasteiger partial charge is 0.0646 e. The summed E-state index contributed by atoms with van der Waals surface area (Å²) in [4.78, 5) is 4.64. The molecule has 0 amide bonds. The van der Waals surface area contributed by atoms with Crippen LogP contribution in [-0.2, 0) is 0 Å². The minimum Gasteiger partial charge on any atom is -0.284 e. The van der Waals surface area contributed by atoms with E-state index in [1.165, 1.54) is 5.57 Å². The van der Waals surface area contributed by atoms with Crippen LogP contribution in [0.3, 0.4) is 0 Å². The highest BCUT2D eigenvalue weighted by Crippen LogP contribution is 2.30. The number of aliphatic imine (C=N–C) groups is 1.